The van der Waals surface area contributed by atoms with Gasteiger partial charge < -0.3 is 4.74 Å². The van der Waals surface area contributed by atoms with Gasteiger partial charge in [0.05, 0.1) is 6.61 Å². The number of ether oxygens (including phenoxy) is 1. The Morgan fingerprint density at radius 2 is 1.36 bits per heavy atom. The van der Waals surface area contributed by atoms with Crippen LogP contribution in [0.25, 0.3) is 0 Å². The smallest absolute Gasteiger partial charge is 0.319 e. The van der Waals surface area contributed by atoms with Crippen molar-refractivity contribution in [2.24, 2.45) is 35.0 Å². The molecule has 0 aromatic rings. The van der Waals surface area contributed by atoms with Gasteiger partial charge >= 0.3 is 5.97 Å². The third-order valence-corrected chi connectivity index (χ3v) is 9.75. The van der Waals surface area contributed by atoms with E-state index in [9.17, 15) is 9.59 Å². The number of hydrogen-bond acceptors (Lipinski definition) is 3. The van der Waals surface area contributed by atoms with Crippen LogP contribution in [-0.2, 0) is 14.3 Å². The van der Waals surface area contributed by atoms with Crippen molar-refractivity contribution in [3.63, 3.8) is 0 Å². The van der Waals surface area contributed by atoms with Crippen LogP contribution >= 0.6 is 0 Å². The molecule has 0 aromatic heterocycles. The molecular weight excluding hydrogens is 408 g/mol. The largest absolute Gasteiger partial charge is 0.465 e. The highest BCUT2D eigenvalue weighted by Gasteiger charge is 2.47. The summed E-state index contributed by atoms with van der Waals surface area (Å²) in [6, 6.07) is 0. The summed E-state index contributed by atoms with van der Waals surface area (Å²) in [4.78, 5) is 25.8. The summed E-state index contributed by atoms with van der Waals surface area (Å²) in [5.74, 6) is 3.97. The van der Waals surface area contributed by atoms with Gasteiger partial charge in [0.1, 0.15) is 11.2 Å². The van der Waals surface area contributed by atoms with Crippen molar-refractivity contribution in [2.45, 2.75) is 136 Å². The number of carbonyl (C=O) groups is 2. The van der Waals surface area contributed by atoms with E-state index < -0.39 is 5.41 Å². The van der Waals surface area contributed by atoms with E-state index in [1.54, 1.807) is 0 Å². The van der Waals surface area contributed by atoms with Gasteiger partial charge in [-0.15, -0.1) is 0 Å². The summed E-state index contributed by atoms with van der Waals surface area (Å²) in [6.07, 6.45) is 22.0. The standard InChI is InChI=1S/C30H52O3/c1-4-6-7-8-9-21-33-29(32)30(3)20-19-27(22-28(30)31)26-17-15-25(16-18-26)24-13-11-23(10-5-2)12-14-24/h23-27H,4-22H2,1-3H3/t23?,24?,25?,26?,27-,30+/m1/s1. The van der Waals surface area contributed by atoms with Crippen molar-refractivity contribution < 1.29 is 14.3 Å². The van der Waals surface area contributed by atoms with Crippen LogP contribution in [0.1, 0.15) is 136 Å². The minimum atomic E-state index is -0.895. The van der Waals surface area contributed by atoms with Crippen LogP contribution in [0.2, 0.25) is 0 Å². The highest BCUT2D eigenvalue weighted by molar-refractivity contribution is 6.04. The van der Waals surface area contributed by atoms with Gasteiger partial charge in [-0.05, 0) is 94.3 Å². The maximum atomic E-state index is 13.1. The first-order valence-corrected chi connectivity index (χ1v) is 14.7. The van der Waals surface area contributed by atoms with E-state index in [0.29, 0.717) is 31.3 Å². The van der Waals surface area contributed by atoms with E-state index >= 15 is 0 Å². The van der Waals surface area contributed by atoms with E-state index in [0.717, 1.165) is 37.0 Å². The number of hydrogen-bond donors (Lipinski definition) is 0. The Kier molecular flexibility index (Phi) is 10.8. The second-order valence-corrected chi connectivity index (χ2v) is 12.1. The summed E-state index contributed by atoms with van der Waals surface area (Å²) in [5.41, 5.74) is -0.895. The molecule has 0 bridgehead atoms. The van der Waals surface area contributed by atoms with Crippen LogP contribution in [0.15, 0.2) is 0 Å². The molecule has 33 heavy (non-hydrogen) atoms. The van der Waals surface area contributed by atoms with Gasteiger partial charge in [-0.1, -0.05) is 65.2 Å². The van der Waals surface area contributed by atoms with Gasteiger partial charge in [-0.25, -0.2) is 0 Å². The van der Waals surface area contributed by atoms with Gasteiger partial charge in [0.25, 0.3) is 0 Å². The SMILES string of the molecule is CCCCCCCOC(=O)[C@@]1(C)CC[C@@H](C2CCC(C3CCC(CCC)CC3)CC2)CC1=O. The molecular formula is C30H52O3. The first-order chi connectivity index (χ1) is 16.0. The molecule has 0 unspecified atom stereocenters. The molecule has 0 spiro atoms. The molecule has 3 saturated carbocycles. The summed E-state index contributed by atoms with van der Waals surface area (Å²) in [6.45, 7) is 6.84. The quantitative estimate of drug-likeness (QED) is 0.177. The van der Waals surface area contributed by atoms with Gasteiger partial charge in [0.15, 0.2) is 0 Å². The van der Waals surface area contributed by atoms with Crippen LogP contribution < -0.4 is 0 Å². The molecule has 0 aromatic carbocycles. The number of esters is 1. The molecule has 3 fully saturated rings. The summed E-state index contributed by atoms with van der Waals surface area (Å²) in [5, 5.41) is 0. The van der Waals surface area contributed by atoms with Crippen molar-refractivity contribution in [2.75, 3.05) is 6.61 Å². The zero-order valence-corrected chi connectivity index (χ0v) is 22.0. The Morgan fingerprint density at radius 1 is 0.788 bits per heavy atom. The number of ketones is 1. The zero-order chi connectivity index (χ0) is 23.7. The van der Waals surface area contributed by atoms with Gasteiger partial charge in [0, 0.05) is 6.42 Å². The fourth-order valence-electron chi connectivity index (χ4n) is 7.27. The van der Waals surface area contributed by atoms with Crippen molar-refractivity contribution in [1.29, 1.82) is 0 Å². The second-order valence-electron chi connectivity index (χ2n) is 12.1. The Bertz CT molecular complexity index is 598. The molecule has 0 aliphatic heterocycles. The number of carbonyl (C=O) groups excluding carboxylic acids is 2. The topological polar surface area (TPSA) is 43.4 Å². The summed E-state index contributed by atoms with van der Waals surface area (Å²) in [7, 11) is 0. The van der Waals surface area contributed by atoms with Crippen molar-refractivity contribution in [3.05, 3.63) is 0 Å². The molecule has 3 nitrogen and oxygen atoms in total. The molecule has 0 saturated heterocycles. The number of rotatable bonds is 11. The predicted molar refractivity (Wildman–Crippen MR) is 136 cm³/mol. The monoisotopic (exact) mass is 460 g/mol. The van der Waals surface area contributed by atoms with E-state index in [1.165, 1.54) is 83.5 Å². The maximum absolute atomic E-state index is 13.1. The van der Waals surface area contributed by atoms with Crippen LogP contribution in [0.4, 0.5) is 0 Å². The van der Waals surface area contributed by atoms with Crippen LogP contribution in [0.3, 0.4) is 0 Å². The molecule has 2 atom stereocenters. The van der Waals surface area contributed by atoms with E-state index in [1.807, 2.05) is 6.92 Å². The number of Topliss-reactive ketones (excluding diaryl/α,β-unsaturated/α-hetero) is 1. The van der Waals surface area contributed by atoms with E-state index in [-0.39, 0.29) is 11.8 Å². The molecule has 190 valence electrons. The average molecular weight is 461 g/mol. The lowest BCUT2D eigenvalue weighted by molar-refractivity contribution is -0.162. The highest BCUT2D eigenvalue weighted by atomic mass is 16.5. The fraction of sp³-hybridized carbons (Fsp3) is 0.933. The van der Waals surface area contributed by atoms with Gasteiger partial charge in [-0.3, -0.25) is 9.59 Å². The third-order valence-electron chi connectivity index (χ3n) is 9.75. The Hall–Kier alpha value is -0.860. The van der Waals surface area contributed by atoms with Crippen LogP contribution in [0.5, 0.6) is 0 Å². The maximum Gasteiger partial charge on any atom is 0.319 e. The molecule has 3 aliphatic carbocycles. The summed E-state index contributed by atoms with van der Waals surface area (Å²) < 4.78 is 5.56. The Labute approximate surface area is 204 Å². The molecule has 0 N–H and O–H groups in total. The Balaban J connectivity index is 1.37. The second kappa shape index (κ2) is 13.3. The van der Waals surface area contributed by atoms with Crippen molar-refractivity contribution in [3.8, 4) is 0 Å². The molecule has 0 radical (unpaired) electrons. The molecule has 0 amide bonds. The fourth-order valence-corrected chi connectivity index (χ4v) is 7.27. The lowest BCUT2D eigenvalue weighted by atomic mass is 9.62. The van der Waals surface area contributed by atoms with Crippen molar-refractivity contribution in [1.82, 2.24) is 0 Å². The first kappa shape index (κ1) is 26.7. The summed E-state index contributed by atoms with van der Waals surface area (Å²) >= 11 is 0. The minimum Gasteiger partial charge on any atom is -0.465 e. The van der Waals surface area contributed by atoms with Crippen molar-refractivity contribution >= 4 is 11.8 Å². The number of unbranched alkanes of at least 4 members (excludes halogenated alkanes) is 4. The lowest BCUT2D eigenvalue weighted by Crippen LogP contribution is -2.44. The van der Waals surface area contributed by atoms with E-state index in [4.69, 9.17) is 4.74 Å². The van der Waals surface area contributed by atoms with Gasteiger partial charge in [-0.2, -0.15) is 0 Å². The van der Waals surface area contributed by atoms with Gasteiger partial charge in [0.2, 0.25) is 0 Å². The highest BCUT2D eigenvalue weighted by Crippen LogP contribution is 2.47. The average Bonchev–Trinajstić information content (AvgIpc) is 2.84. The lowest BCUT2D eigenvalue weighted by Gasteiger charge is -2.42. The third kappa shape index (κ3) is 7.31. The molecule has 3 aliphatic rings. The first-order valence-electron chi connectivity index (χ1n) is 14.7. The normalized spacial score (nSPS) is 35.4. The van der Waals surface area contributed by atoms with Crippen LogP contribution in [-0.4, -0.2) is 18.4 Å². The van der Waals surface area contributed by atoms with E-state index in [2.05, 4.69) is 13.8 Å². The minimum absolute atomic E-state index is 0.145. The zero-order valence-electron chi connectivity index (χ0n) is 22.0. The van der Waals surface area contributed by atoms with Crippen LogP contribution in [0, 0.1) is 35.0 Å². The molecule has 3 rings (SSSR count). The molecule has 3 heteroatoms. The Morgan fingerprint density at radius 3 is 1.94 bits per heavy atom. The predicted octanol–water partition coefficient (Wildman–Crippen LogP) is 8.29. The molecule has 0 heterocycles.